The molecule has 0 bridgehead atoms. The van der Waals surface area contributed by atoms with Crippen LogP contribution < -0.4 is 5.73 Å². The molecular weight excluding hydrogens is 730 g/mol. The van der Waals surface area contributed by atoms with Crippen LogP contribution in [0.4, 0.5) is 8.78 Å². The number of nitrogens with zero attached hydrogens (tertiary/aromatic N) is 1. The lowest BCUT2D eigenvalue weighted by atomic mass is 9.73. The van der Waals surface area contributed by atoms with E-state index in [9.17, 15) is 18.8 Å². The van der Waals surface area contributed by atoms with E-state index in [0.29, 0.717) is 39.3 Å². The summed E-state index contributed by atoms with van der Waals surface area (Å²) >= 11 is 8.94. The maximum atomic E-state index is 13.0. The summed E-state index contributed by atoms with van der Waals surface area (Å²) in [6, 6.07) is 30.7. The number of rotatable bonds is 5. The van der Waals surface area contributed by atoms with Crippen LogP contribution in [0, 0.1) is 23.0 Å². The molecule has 2 fully saturated rings. The van der Waals surface area contributed by atoms with Gasteiger partial charge in [-0.3, -0.25) is 4.79 Å². The van der Waals surface area contributed by atoms with Gasteiger partial charge in [-0.25, -0.2) is 8.78 Å². The minimum Gasteiger partial charge on any atom is -0.388 e. The van der Waals surface area contributed by atoms with Gasteiger partial charge < -0.3 is 19.9 Å². The van der Waals surface area contributed by atoms with Crippen molar-refractivity contribution in [1.82, 2.24) is 0 Å². The highest BCUT2D eigenvalue weighted by molar-refractivity contribution is 9.10. The maximum absolute atomic E-state index is 13.0. The molecule has 4 aromatic carbocycles. The summed E-state index contributed by atoms with van der Waals surface area (Å²) in [5, 5.41) is 9.36. The number of primary amides is 1. The van der Waals surface area contributed by atoms with Gasteiger partial charge in [0.2, 0.25) is 5.91 Å². The molecule has 0 spiro atoms. The van der Waals surface area contributed by atoms with Gasteiger partial charge in [0.05, 0.1) is 16.9 Å². The molecule has 0 aromatic heterocycles. The molecule has 0 radical (unpaired) electrons. The van der Waals surface area contributed by atoms with E-state index >= 15 is 0 Å². The Labute approximate surface area is 305 Å². The van der Waals surface area contributed by atoms with E-state index in [-0.39, 0.29) is 23.0 Å². The highest BCUT2D eigenvalue weighted by Gasteiger charge is 2.40. The number of methoxy groups -OCH3 is 1. The molecule has 0 atom stereocenters. The summed E-state index contributed by atoms with van der Waals surface area (Å²) in [6.45, 7) is 2.44. The number of carbonyl (C=O) groups excluding carboxylic acids is 1. The van der Waals surface area contributed by atoms with Crippen LogP contribution in [0.2, 0.25) is 0 Å². The molecule has 0 unspecified atom stereocenters. The van der Waals surface area contributed by atoms with Crippen LogP contribution in [0.5, 0.6) is 0 Å². The molecule has 6 rings (SSSR count). The van der Waals surface area contributed by atoms with E-state index < -0.39 is 5.41 Å². The Morgan fingerprint density at radius 2 is 1.33 bits per heavy atom. The van der Waals surface area contributed by atoms with E-state index in [2.05, 4.69) is 39.4 Å². The van der Waals surface area contributed by atoms with Gasteiger partial charge in [0.1, 0.15) is 11.6 Å². The first-order valence-corrected chi connectivity index (χ1v) is 17.6. The number of nitrogens with two attached hydrogens (primary N) is 1. The molecule has 49 heavy (non-hydrogen) atoms. The average Bonchev–Trinajstić information content (AvgIpc) is 3.12. The van der Waals surface area contributed by atoms with Gasteiger partial charge in [0.15, 0.2) is 0 Å². The van der Waals surface area contributed by atoms with Crippen molar-refractivity contribution < 1.29 is 27.8 Å². The van der Waals surface area contributed by atoms with Crippen molar-refractivity contribution in [2.45, 2.75) is 51.2 Å². The number of thiol groups is 1. The van der Waals surface area contributed by atoms with Crippen LogP contribution in [0.1, 0.15) is 36.8 Å². The third-order valence-corrected chi connectivity index (χ3v) is 9.81. The summed E-state index contributed by atoms with van der Waals surface area (Å²) in [5.74, 6) is -0.773. The van der Waals surface area contributed by atoms with E-state index in [1.807, 2.05) is 48.5 Å². The number of ether oxygens (including phenoxy) is 3. The van der Waals surface area contributed by atoms with Crippen molar-refractivity contribution in [2.24, 2.45) is 5.73 Å². The third-order valence-electron chi connectivity index (χ3n) is 8.02. The quantitative estimate of drug-likeness (QED) is 0.197. The summed E-state index contributed by atoms with van der Waals surface area (Å²) in [6.07, 6.45) is 2.79. The molecule has 0 aliphatic carbocycles. The predicted molar refractivity (Wildman–Crippen MR) is 196 cm³/mol. The van der Waals surface area contributed by atoms with E-state index in [4.69, 9.17) is 15.2 Å². The Hall–Kier alpha value is -3.24. The first-order valence-electron chi connectivity index (χ1n) is 15.6. The van der Waals surface area contributed by atoms with Crippen molar-refractivity contribution >= 4 is 46.2 Å². The van der Waals surface area contributed by atoms with Crippen LogP contribution >= 0.6 is 40.3 Å². The number of amides is 1. The van der Waals surface area contributed by atoms with Gasteiger partial charge in [0.25, 0.3) is 0 Å². The van der Waals surface area contributed by atoms with Crippen LogP contribution in [0.25, 0.3) is 0 Å². The Morgan fingerprint density at radius 3 is 1.84 bits per heavy atom. The van der Waals surface area contributed by atoms with Crippen LogP contribution in [0.3, 0.4) is 0 Å². The Kier molecular flexibility index (Phi) is 16.8. The third kappa shape index (κ3) is 12.2. The summed E-state index contributed by atoms with van der Waals surface area (Å²) in [5.41, 5.74) is 6.74. The standard InChI is InChI=1S/C18H18FNO2S.C12H12BrNO.C6H5FS.C2H6O/c19-14-4-6-15(7-5-14)23-16-3-1-2-13(12-16)18(17(20)21)8-10-22-11-9-18;13-11-3-1-2-10(8-11)12(9-14)4-6-15-7-5-12;7-5-1-3-6(8)4-2-5;1-3-2/h1-7,12H,8-11H2,(H2,20,21);1-3,8H,4-7H2;1-4,8H;1-2H3. The molecule has 260 valence electrons. The second-order valence-corrected chi connectivity index (χ2v) is 13.9. The van der Waals surface area contributed by atoms with Crippen LogP contribution in [0.15, 0.2) is 116 Å². The van der Waals surface area contributed by atoms with Crippen molar-refractivity contribution in [3.05, 3.63) is 124 Å². The summed E-state index contributed by atoms with van der Waals surface area (Å²) in [7, 11) is 3.25. The molecule has 2 heterocycles. The van der Waals surface area contributed by atoms with Gasteiger partial charge in [0, 0.05) is 59.8 Å². The topological polar surface area (TPSA) is 94.6 Å². The average molecular weight is 772 g/mol. The van der Waals surface area contributed by atoms with E-state index in [0.717, 1.165) is 43.1 Å². The highest BCUT2D eigenvalue weighted by Crippen LogP contribution is 2.38. The minimum atomic E-state index is -0.655. The van der Waals surface area contributed by atoms with Crippen molar-refractivity contribution in [3.63, 3.8) is 0 Å². The highest BCUT2D eigenvalue weighted by atomic mass is 79.9. The largest absolute Gasteiger partial charge is 0.388 e. The van der Waals surface area contributed by atoms with E-state index in [1.54, 1.807) is 38.5 Å². The van der Waals surface area contributed by atoms with Gasteiger partial charge in [-0.05, 0) is 110 Å². The van der Waals surface area contributed by atoms with Gasteiger partial charge in [-0.15, -0.1) is 12.6 Å². The van der Waals surface area contributed by atoms with Crippen LogP contribution in [-0.4, -0.2) is 46.6 Å². The minimum absolute atomic E-state index is 0.220. The Balaban J connectivity index is 0.000000213. The summed E-state index contributed by atoms with van der Waals surface area (Å²) < 4.78 is 41.0. The lowest BCUT2D eigenvalue weighted by Crippen LogP contribution is -2.45. The molecule has 2 aliphatic heterocycles. The van der Waals surface area contributed by atoms with Gasteiger partial charge >= 0.3 is 0 Å². The molecule has 6 nitrogen and oxygen atoms in total. The molecule has 2 saturated heterocycles. The smallest absolute Gasteiger partial charge is 0.228 e. The zero-order chi connectivity index (χ0) is 35.7. The maximum Gasteiger partial charge on any atom is 0.228 e. The van der Waals surface area contributed by atoms with Gasteiger partial charge in [-0.2, -0.15) is 5.26 Å². The van der Waals surface area contributed by atoms with E-state index in [1.165, 1.54) is 36.0 Å². The van der Waals surface area contributed by atoms with Crippen molar-refractivity contribution in [1.29, 1.82) is 5.26 Å². The fraction of sp³-hybridized carbons (Fsp3) is 0.316. The Morgan fingerprint density at radius 1 is 0.816 bits per heavy atom. The zero-order valence-electron chi connectivity index (χ0n) is 27.5. The number of hydrogen-bond donors (Lipinski definition) is 2. The molecular formula is C38H41BrF2N2O4S2. The Bertz CT molecular complexity index is 1620. The zero-order valence-corrected chi connectivity index (χ0v) is 30.8. The molecule has 11 heteroatoms. The first-order chi connectivity index (χ1) is 23.6. The number of hydrogen-bond acceptors (Lipinski definition) is 7. The second-order valence-electron chi connectivity index (χ2n) is 11.3. The predicted octanol–water partition coefficient (Wildman–Crippen LogP) is 8.91. The normalized spacial score (nSPS) is 15.8. The number of benzene rings is 4. The van der Waals surface area contributed by atoms with Crippen molar-refractivity contribution in [3.8, 4) is 6.07 Å². The molecule has 2 aliphatic rings. The molecule has 1 amide bonds. The monoisotopic (exact) mass is 770 g/mol. The molecule has 4 aromatic rings. The lowest BCUT2D eigenvalue weighted by molar-refractivity contribution is -0.127. The summed E-state index contributed by atoms with van der Waals surface area (Å²) in [4.78, 5) is 14.8. The fourth-order valence-electron chi connectivity index (χ4n) is 5.31. The molecule has 2 N–H and O–H groups in total. The van der Waals surface area contributed by atoms with Crippen LogP contribution in [-0.2, 0) is 29.8 Å². The van der Waals surface area contributed by atoms with Crippen molar-refractivity contribution in [2.75, 3.05) is 40.6 Å². The first kappa shape index (κ1) is 40.2. The fourth-order valence-corrected chi connectivity index (χ4v) is 6.73. The molecule has 0 saturated carbocycles. The van der Waals surface area contributed by atoms with Gasteiger partial charge in [-0.1, -0.05) is 52.0 Å². The SMILES string of the molecule is COC.Fc1ccc(S)cc1.N#CC1(c2cccc(Br)c2)CCOCC1.NC(=O)C1(c2cccc(Sc3ccc(F)cc3)c2)CCOCC1. The number of carbonyl (C=O) groups is 1. The lowest BCUT2D eigenvalue weighted by Gasteiger charge is -2.34. The second kappa shape index (κ2) is 20.4. The number of halogens is 3. The number of nitriles is 1.